The van der Waals surface area contributed by atoms with Crippen LogP contribution in [0.3, 0.4) is 0 Å². The molecule has 0 fully saturated rings. The molecule has 0 radical (unpaired) electrons. The first kappa shape index (κ1) is 16.7. The fraction of sp³-hybridized carbons (Fsp3) is 0.222. The fourth-order valence-electron chi connectivity index (χ4n) is 2.24. The van der Waals surface area contributed by atoms with Gasteiger partial charge in [-0.1, -0.05) is 6.07 Å². The van der Waals surface area contributed by atoms with Gasteiger partial charge in [0.15, 0.2) is 5.78 Å². The van der Waals surface area contributed by atoms with Crippen LogP contribution in [0.2, 0.25) is 0 Å². The summed E-state index contributed by atoms with van der Waals surface area (Å²) in [6.45, 7) is 3.27. The lowest BCUT2D eigenvalue weighted by atomic mass is 10.0. The molecule has 4 nitrogen and oxygen atoms in total. The van der Waals surface area contributed by atoms with Crippen LogP contribution in [-0.2, 0) is 11.2 Å². The Hall–Kier alpha value is -2.69. The summed E-state index contributed by atoms with van der Waals surface area (Å²) < 4.78 is 18.9. The maximum atomic E-state index is 13.7. The highest BCUT2D eigenvalue weighted by molar-refractivity contribution is 5.96. The number of carbonyl (C=O) groups is 2. The third-order valence-electron chi connectivity index (χ3n) is 3.43. The number of benzene rings is 2. The van der Waals surface area contributed by atoms with Crippen molar-refractivity contribution < 1.29 is 18.7 Å². The zero-order chi connectivity index (χ0) is 17.0. The SMILES string of the molecule is COc1ccc(C(C)=O)cc1CC(=O)Nc1cc(C)ccc1F. The number of hydrogen-bond donors (Lipinski definition) is 1. The number of Topliss-reactive ketones (excluding diaryl/α,β-unsaturated/α-hetero) is 1. The number of ether oxygens (including phenoxy) is 1. The van der Waals surface area contributed by atoms with E-state index < -0.39 is 5.82 Å². The molecule has 2 rings (SSSR count). The van der Waals surface area contributed by atoms with Gasteiger partial charge in [-0.05, 0) is 49.7 Å². The zero-order valence-electron chi connectivity index (χ0n) is 13.3. The van der Waals surface area contributed by atoms with Gasteiger partial charge in [-0.3, -0.25) is 9.59 Å². The summed E-state index contributed by atoms with van der Waals surface area (Å²) in [6, 6.07) is 9.41. The first-order chi connectivity index (χ1) is 10.9. The lowest BCUT2D eigenvalue weighted by molar-refractivity contribution is -0.115. The van der Waals surface area contributed by atoms with Crippen molar-refractivity contribution in [2.75, 3.05) is 12.4 Å². The van der Waals surface area contributed by atoms with Crippen molar-refractivity contribution in [3.8, 4) is 5.75 Å². The third-order valence-corrected chi connectivity index (χ3v) is 3.43. The molecule has 2 aromatic rings. The largest absolute Gasteiger partial charge is 0.496 e. The Morgan fingerprint density at radius 2 is 1.91 bits per heavy atom. The Kier molecular flexibility index (Phi) is 5.11. The van der Waals surface area contributed by atoms with E-state index in [4.69, 9.17) is 4.74 Å². The monoisotopic (exact) mass is 315 g/mol. The molecule has 1 N–H and O–H groups in total. The van der Waals surface area contributed by atoms with E-state index in [-0.39, 0.29) is 23.8 Å². The van der Waals surface area contributed by atoms with E-state index in [1.54, 1.807) is 30.3 Å². The number of anilines is 1. The molecular weight excluding hydrogens is 297 g/mol. The highest BCUT2D eigenvalue weighted by Gasteiger charge is 2.13. The molecule has 0 saturated carbocycles. The van der Waals surface area contributed by atoms with E-state index >= 15 is 0 Å². The van der Waals surface area contributed by atoms with Crippen molar-refractivity contribution in [3.05, 3.63) is 58.9 Å². The molecule has 0 aliphatic rings. The van der Waals surface area contributed by atoms with E-state index in [9.17, 15) is 14.0 Å². The molecule has 0 spiro atoms. The minimum atomic E-state index is -0.492. The smallest absolute Gasteiger partial charge is 0.229 e. The van der Waals surface area contributed by atoms with E-state index in [2.05, 4.69) is 5.32 Å². The van der Waals surface area contributed by atoms with Crippen LogP contribution in [0.4, 0.5) is 10.1 Å². The highest BCUT2D eigenvalue weighted by Crippen LogP contribution is 2.22. The maximum Gasteiger partial charge on any atom is 0.229 e. The molecule has 0 aromatic heterocycles. The quantitative estimate of drug-likeness (QED) is 0.859. The van der Waals surface area contributed by atoms with Crippen molar-refractivity contribution in [2.45, 2.75) is 20.3 Å². The molecule has 0 heterocycles. The van der Waals surface area contributed by atoms with Crippen LogP contribution in [-0.4, -0.2) is 18.8 Å². The minimum absolute atomic E-state index is 0.0162. The van der Waals surface area contributed by atoms with Crippen LogP contribution in [0.15, 0.2) is 36.4 Å². The molecule has 0 aliphatic heterocycles. The van der Waals surface area contributed by atoms with Crippen LogP contribution in [0, 0.1) is 12.7 Å². The minimum Gasteiger partial charge on any atom is -0.496 e. The van der Waals surface area contributed by atoms with Gasteiger partial charge < -0.3 is 10.1 Å². The number of amides is 1. The second-order valence-electron chi connectivity index (χ2n) is 5.29. The molecule has 5 heteroatoms. The van der Waals surface area contributed by atoms with Crippen molar-refractivity contribution in [1.82, 2.24) is 0 Å². The fourth-order valence-corrected chi connectivity index (χ4v) is 2.24. The van der Waals surface area contributed by atoms with Gasteiger partial charge in [-0.15, -0.1) is 0 Å². The number of halogens is 1. The number of nitrogens with one attached hydrogen (secondary N) is 1. The molecule has 0 unspecified atom stereocenters. The predicted molar refractivity (Wildman–Crippen MR) is 86.5 cm³/mol. The molecule has 1 amide bonds. The van der Waals surface area contributed by atoms with Crippen molar-refractivity contribution in [1.29, 1.82) is 0 Å². The summed E-state index contributed by atoms with van der Waals surface area (Å²) in [7, 11) is 1.49. The zero-order valence-corrected chi connectivity index (χ0v) is 13.3. The summed E-state index contributed by atoms with van der Waals surface area (Å²) in [5.74, 6) is -0.462. The van der Waals surface area contributed by atoms with Gasteiger partial charge in [-0.25, -0.2) is 4.39 Å². The molecule has 0 atom stereocenters. The topological polar surface area (TPSA) is 55.4 Å². The maximum absolute atomic E-state index is 13.7. The average Bonchev–Trinajstić information content (AvgIpc) is 2.50. The molecule has 0 bridgehead atoms. The van der Waals surface area contributed by atoms with Crippen LogP contribution in [0.5, 0.6) is 5.75 Å². The summed E-state index contributed by atoms with van der Waals surface area (Å²) in [5.41, 5.74) is 2.05. The van der Waals surface area contributed by atoms with Gasteiger partial charge in [0.25, 0.3) is 0 Å². The van der Waals surface area contributed by atoms with E-state index in [1.807, 2.05) is 6.92 Å². The van der Waals surface area contributed by atoms with E-state index in [1.165, 1.54) is 20.1 Å². The van der Waals surface area contributed by atoms with Crippen LogP contribution in [0.1, 0.15) is 28.4 Å². The Balaban J connectivity index is 2.21. The predicted octanol–water partition coefficient (Wildman–Crippen LogP) is 3.53. The number of methoxy groups -OCH3 is 1. The summed E-state index contributed by atoms with van der Waals surface area (Å²) in [4.78, 5) is 23.6. The molecule has 120 valence electrons. The first-order valence-electron chi connectivity index (χ1n) is 7.14. The summed E-state index contributed by atoms with van der Waals surface area (Å²) in [6.07, 6.45) is -0.0162. The van der Waals surface area contributed by atoms with Crippen LogP contribution < -0.4 is 10.1 Å². The van der Waals surface area contributed by atoms with Crippen LogP contribution in [0.25, 0.3) is 0 Å². The third kappa shape index (κ3) is 4.16. The molecule has 0 saturated heterocycles. The van der Waals surface area contributed by atoms with E-state index in [0.29, 0.717) is 16.9 Å². The number of aryl methyl sites for hydroxylation is 1. The van der Waals surface area contributed by atoms with Gasteiger partial charge in [0.2, 0.25) is 5.91 Å². The standard InChI is InChI=1S/C18H18FNO3/c1-11-4-6-15(19)16(8-11)20-18(22)10-14-9-13(12(2)21)5-7-17(14)23-3/h4-9H,10H2,1-3H3,(H,20,22). The molecule has 0 aliphatic carbocycles. The van der Waals surface area contributed by atoms with Gasteiger partial charge in [0.05, 0.1) is 19.2 Å². The number of carbonyl (C=O) groups excluding carboxylic acids is 2. The van der Waals surface area contributed by atoms with Gasteiger partial charge in [0, 0.05) is 11.1 Å². The highest BCUT2D eigenvalue weighted by atomic mass is 19.1. The second kappa shape index (κ2) is 7.05. The Morgan fingerprint density at radius 1 is 1.17 bits per heavy atom. The van der Waals surface area contributed by atoms with E-state index in [0.717, 1.165) is 5.56 Å². The molecule has 23 heavy (non-hydrogen) atoms. The lowest BCUT2D eigenvalue weighted by Gasteiger charge is -2.11. The van der Waals surface area contributed by atoms with Crippen molar-refractivity contribution in [2.24, 2.45) is 0 Å². The summed E-state index contributed by atoms with van der Waals surface area (Å²) in [5, 5.41) is 2.55. The summed E-state index contributed by atoms with van der Waals surface area (Å²) >= 11 is 0. The first-order valence-corrected chi connectivity index (χ1v) is 7.14. The lowest BCUT2D eigenvalue weighted by Crippen LogP contribution is -2.16. The average molecular weight is 315 g/mol. The molecule has 2 aromatic carbocycles. The van der Waals surface area contributed by atoms with Gasteiger partial charge in [0.1, 0.15) is 11.6 Å². The van der Waals surface area contributed by atoms with Crippen LogP contribution >= 0.6 is 0 Å². The Labute approximate surface area is 134 Å². The van der Waals surface area contributed by atoms with Gasteiger partial charge in [-0.2, -0.15) is 0 Å². The van der Waals surface area contributed by atoms with Gasteiger partial charge >= 0.3 is 0 Å². The Morgan fingerprint density at radius 3 is 2.57 bits per heavy atom. The number of ketones is 1. The second-order valence-corrected chi connectivity index (χ2v) is 5.29. The Bertz CT molecular complexity index is 756. The van der Waals surface area contributed by atoms with Crippen molar-refractivity contribution >= 4 is 17.4 Å². The number of hydrogen-bond acceptors (Lipinski definition) is 3. The number of rotatable bonds is 5. The van der Waals surface area contributed by atoms with Crippen molar-refractivity contribution in [3.63, 3.8) is 0 Å². The normalized spacial score (nSPS) is 10.3. The molecular formula is C18H18FNO3.